The van der Waals surface area contributed by atoms with Gasteiger partial charge in [0.15, 0.2) is 5.76 Å². The van der Waals surface area contributed by atoms with Gasteiger partial charge in [-0.25, -0.2) is 9.97 Å². The van der Waals surface area contributed by atoms with E-state index in [9.17, 15) is 18.0 Å². The van der Waals surface area contributed by atoms with E-state index in [2.05, 4.69) is 15.3 Å². The van der Waals surface area contributed by atoms with Gasteiger partial charge in [-0.2, -0.15) is 13.2 Å². The molecule has 0 spiro atoms. The zero-order valence-corrected chi connectivity index (χ0v) is 12.6. The third kappa shape index (κ3) is 3.66. The highest BCUT2D eigenvalue weighted by molar-refractivity contribution is 5.91. The quantitative estimate of drug-likeness (QED) is 0.929. The smallest absolute Gasteiger partial charge is 0.433 e. The van der Waals surface area contributed by atoms with Gasteiger partial charge in [-0.15, -0.1) is 0 Å². The van der Waals surface area contributed by atoms with Gasteiger partial charge in [0, 0.05) is 25.3 Å². The van der Waals surface area contributed by atoms with Crippen LogP contribution in [0.4, 0.5) is 19.1 Å². The largest absolute Gasteiger partial charge is 0.459 e. The van der Waals surface area contributed by atoms with Gasteiger partial charge in [-0.1, -0.05) is 0 Å². The minimum atomic E-state index is -4.49. The summed E-state index contributed by atoms with van der Waals surface area (Å²) in [6.45, 7) is 0.925. The van der Waals surface area contributed by atoms with Crippen LogP contribution >= 0.6 is 0 Å². The third-order valence-corrected chi connectivity index (χ3v) is 3.79. The van der Waals surface area contributed by atoms with Crippen LogP contribution < -0.4 is 10.2 Å². The van der Waals surface area contributed by atoms with E-state index < -0.39 is 11.9 Å². The first kappa shape index (κ1) is 16.3. The Hall–Kier alpha value is -2.58. The van der Waals surface area contributed by atoms with E-state index in [0.717, 1.165) is 12.3 Å². The second-order valence-electron chi connectivity index (χ2n) is 5.45. The summed E-state index contributed by atoms with van der Waals surface area (Å²) >= 11 is 0. The summed E-state index contributed by atoms with van der Waals surface area (Å²) in [5, 5.41) is 2.85. The van der Waals surface area contributed by atoms with Gasteiger partial charge in [0.1, 0.15) is 5.69 Å². The number of halogens is 3. The van der Waals surface area contributed by atoms with Gasteiger partial charge >= 0.3 is 6.18 Å². The number of carbonyl (C=O) groups excluding carboxylic acids is 1. The Morgan fingerprint density at radius 1 is 1.29 bits per heavy atom. The fraction of sp³-hybridized carbons (Fsp3) is 0.400. The maximum atomic E-state index is 12.7. The van der Waals surface area contributed by atoms with E-state index in [0.29, 0.717) is 25.9 Å². The van der Waals surface area contributed by atoms with Crippen molar-refractivity contribution in [2.24, 2.45) is 0 Å². The standard InChI is InChI=1S/C15H15F3N4O2/c16-15(17,18)12-3-6-19-14(21-12)22-7-4-10(5-8-22)20-13(23)11-2-1-9-24-11/h1-3,6,9-10H,4-5,7-8H2,(H,20,23). The Morgan fingerprint density at radius 2 is 2.04 bits per heavy atom. The van der Waals surface area contributed by atoms with Crippen molar-refractivity contribution in [2.45, 2.75) is 25.1 Å². The molecule has 0 saturated carbocycles. The van der Waals surface area contributed by atoms with Gasteiger partial charge < -0.3 is 14.6 Å². The number of nitrogens with zero attached hydrogens (tertiary/aromatic N) is 3. The summed E-state index contributed by atoms with van der Waals surface area (Å²) in [6, 6.07) is 3.98. The van der Waals surface area contributed by atoms with Crippen molar-refractivity contribution >= 4 is 11.9 Å². The summed E-state index contributed by atoms with van der Waals surface area (Å²) in [4.78, 5) is 21.1. The maximum Gasteiger partial charge on any atom is 0.433 e. The average molecular weight is 340 g/mol. The van der Waals surface area contributed by atoms with Crippen LogP contribution in [0.2, 0.25) is 0 Å². The number of alkyl halides is 3. The Bertz CT molecular complexity index is 695. The zero-order valence-electron chi connectivity index (χ0n) is 12.6. The molecular formula is C15H15F3N4O2. The van der Waals surface area contributed by atoms with Crippen LogP contribution in [0.15, 0.2) is 35.1 Å². The van der Waals surface area contributed by atoms with Crippen molar-refractivity contribution in [3.05, 3.63) is 42.1 Å². The number of piperidine rings is 1. The molecule has 0 aromatic carbocycles. The molecule has 0 atom stereocenters. The maximum absolute atomic E-state index is 12.7. The van der Waals surface area contributed by atoms with Gasteiger partial charge in [0.2, 0.25) is 5.95 Å². The lowest BCUT2D eigenvalue weighted by molar-refractivity contribution is -0.141. The molecule has 0 aliphatic carbocycles. The van der Waals surface area contributed by atoms with E-state index in [4.69, 9.17) is 4.42 Å². The Balaban J connectivity index is 1.58. The fourth-order valence-electron chi connectivity index (χ4n) is 2.55. The number of amides is 1. The van der Waals surface area contributed by atoms with E-state index in [-0.39, 0.29) is 23.7 Å². The summed E-state index contributed by atoms with van der Waals surface area (Å²) in [5.41, 5.74) is -0.958. The van der Waals surface area contributed by atoms with Crippen molar-refractivity contribution < 1.29 is 22.4 Å². The van der Waals surface area contributed by atoms with E-state index in [1.807, 2.05) is 0 Å². The molecule has 1 amide bonds. The van der Waals surface area contributed by atoms with Crippen molar-refractivity contribution in [1.29, 1.82) is 0 Å². The summed E-state index contributed by atoms with van der Waals surface area (Å²) in [6.07, 6.45) is -0.788. The predicted molar refractivity (Wildman–Crippen MR) is 78.4 cm³/mol. The van der Waals surface area contributed by atoms with E-state index in [1.54, 1.807) is 17.0 Å². The number of carbonyl (C=O) groups is 1. The first-order valence-electron chi connectivity index (χ1n) is 7.43. The summed E-state index contributed by atoms with van der Waals surface area (Å²) in [5.74, 6) is -0.00644. The van der Waals surface area contributed by atoms with Crippen molar-refractivity contribution in [1.82, 2.24) is 15.3 Å². The van der Waals surface area contributed by atoms with E-state index >= 15 is 0 Å². The SMILES string of the molecule is O=C(NC1CCN(c2nccc(C(F)(F)F)n2)CC1)c1ccco1. The highest BCUT2D eigenvalue weighted by Gasteiger charge is 2.33. The highest BCUT2D eigenvalue weighted by atomic mass is 19.4. The van der Waals surface area contributed by atoms with Crippen molar-refractivity contribution in [3.8, 4) is 0 Å². The minimum Gasteiger partial charge on any atom is -0.459 e. The molecule has 9 heteroatoms. The number of hydrogen-bond donors (Lipinski definition) is 1. The number of anilines is 1. The van der Waals surface area contributed by atoms with E-state index in [1.165, 1.54) is 6.26 Å². The molecule has 1 saturated heterocycles. The Morgan fingerprint density at radius 3 is 2.67 bits per heavy atom. The molecule has 2 aromatic heterocycles. The average Bonchev–Trinajstić information content (AvgIpc) is 3.09. The van der Waals surface area contributed by atoms with Crippen molar-refractivity contribution in [2.75, 3.05) is 18.0 Å². The van der Waals surface area contributed by atoms with Gasteiger partial charge in [-0.3, -0.25) is 4.79 Å². The number of rotatable bonds is 3. The normalized spacial score (nSPS) is 16.2. The Labute approximate surface area is 135 Å². The molecule has 1 aliphatic rings. The van der Waals surface area contributed by atoms with Crippen LogP contribution in [-0.2, 0) is 6.18 Å². The summed E-state index contributed by atoms with van der Waals surface area (Å²) in [7, 11) is 0. The van der Waals surface area contributed by atoms with Gasteiger partial charge in [-0.05, 0) is 31.0 Å². The molecule has 6 nitrogen and oxygen atoms in total. The molecule has 1 aliphatic heterocycles. The predicted octanol–water partition coefficient (Wildman–Crippen LogP) is 2.49. The second-order valence-corrected chi connectivity index (χ2v) is 5.45. The molecule has 0 unspecified atom stereocenters. The molecule has 0 bridgehead atoms. The molecule has 3 heterocycles. The third-order valence-electron chi connectivity index (χ3n) is 3.79. The summed E-state index contributed by atoms with van der Waals surface area (Å²) < 4.78 is 43.2. The highest BCUT2D eigenvalue weighted by Crippen LogP contribution is 2.28. The van der Waals surface area contributed by atoms with Crippen LogP contribution in [0.25, 0.3) is 0 Å². The molecule has 24 heavy (non-hydrogen) atoms. The van der Waals surface area contributed by atoms with Crippen molar-refractivity contribution in [3.63, 3.8) is 0 Å². The van der Waals surface area contributed by atoms with Crippen LogP contribution in [0, 0.1) is 0 Å². The molecule has 3 rings (SSSR count). The lowest BCUT2D eigenvalue weighted by Crippen LogP contribution is -2.45. The molecule has 1 fully saturated rings. The fourth-order valence-corrected chi connectivity index (χ4v) is 2.55. The minimum absolute atomic E-state index is 0.0561. The van der Waals surface area contributed by atoms with Gasteiger partial charge in [0.25, 0.3) is 5.91 Å². The molecule has 2 aromatic rings. The molecular weight excluding hydrogens is 325 g/mol. The zero-order chi connectivity index (χ0) is 17.2. The number of nitrogens with one attached hydrogen (secondary N) is 1. The monoisotopic (exact) mass is 340 g/mol. The topological polar surface area (TPSA) is 71.3 Å². The van der Waals surface area contributed by atoms with Crippen LogP contribution in [0.3, 0.4) is 0 Å². The number of aromatic nitrogens is 2. The van der Waals surface area contributed by atoms with Gasteiger partial charge in [0.05, 0.1) is 6.26 Å². The molecule has 128 valence electrons. The first-order valence-corrected chi connectivity index (χ1v) is 7.43. The Kier molecular flexibility index (Phi) is 4.41. The lowest BCUT2D eigenvalue weighted by atomic mass is 10.1. The molecule has 0 radical (unpaired) electrons. The second kappa shape index (κ2) is 6.50. The number of hydrogen-bond acceptors (Lipinski definition) is 5. The number of furan rings is 1. The van der Waals surface area contributed by atoms with Crippen LogP contribution in [-0.4, -0.2) is 35.0 Å². The van der Waals surface area contributed by atoms with Crippen LogP contribution in [0.5, 0.6) is 0 Å². The lowest BCUT2D eigenvalue weighted by Gasteiger charge is -2.32. The van der Waals surface area contributed by atoms with Crippen LogP contribution in [0.1, 0.15) is 29.1 Å². The first-order chi connectivity index (χ1) is 11.4. The molecule has 1 N–H and O–H groups in total.